The van der Waals surface area contributed by atoms with Gasteiger partial charge in [-0.2, -0.15) is 0 Å². The highest BCUT2D eigenvalue weighted by molar-refractivity contribution is 7.71. The van der Waals surface area contributed by atoms with Crippen LogP contribution < -0.4 is 10.6 Å². The zero-order valence-corrected chi connectivity index (χ0v) is 16.2. The Bertz CT molecular complexity index is 1130. The van der Waals surface area contributed by atoms with Gasteiger partial charge in [0.25, 0.3) is 5.91 Å². The lowest BCUT2D eigenvalue weighted by molar-refractivity contribution is 0.0995. The van der Waals surface area contributed by atoms with Gasteiger partial charge in [0.2, 0.25) is 0 Å². The van der Waals surface area contributed by atoms with E-state index in [0.717, 1.165) is 40.6 Å². The molecule has 2 aromatic carbocycles. The summed E-state index contributed by atoms with van der Waals surface area (Å²) in [6, 6.07) is 13.6. The number of amides is 1. The van der Waals surface area contributed by atoms with Gasteiger partial charge in [-0.05, 0) is 41.7 Å². The predicted octanol–water partition coefficient (Wildman–Crippen LogP) is 2.11. The monoisotopic (exact) mass is 396 g/mol. The normalized spacial score (nSPS) is 13.8. The van der Waals surface area contributed by atoms with Gasteiger partial charge in [0.1, 0.15) is 10.7 Å². The van der Waals surface area contributed by atoms with Crippen molar-refractivity contribution in [2.75, 3.05) is 11.9 Å². The number of anilines is 1. The lowest BCUT2D eigenvalue weighted by Crippen LogP contribution is -2.26. The van der Waals surface area contributed by atoms with Crippen molar-refractivity contribution in [2.24, 2.45) is 5.73 Å². The molecule has 0 aliphatic heterocycles. The van der Waals surface area contributed by atoms with Crippen molar-refractivity contribution < 1.29 is 13.2 Å². The van der Waals surface area contributed by atoms with Crippen LogP contribution in [0.25, 0.3) is 22.0 Å². The van der Waals surface area contributed by atoms with Crippen molar-refractivity contribution in [3.63, 3.8) is 0 Å². The average Bonchev–Trinajstić information content (AvgIpc) is 3.51. The molecular formula is C20H20N4O3S. The second-order valence-corrected chi connectivity index (χ2v) is 8.00. The molecule has 0 spiro atoms. The minimum Gasteiger partial charge on any atom is -0.369 e. The summed E-state index contributed by atoms with van der Waals surface area (Å²) in [4.78, 5) is 13.9. The van der Waals surface area contributed by atoms with Gasteiger partial charge in [-0.3, -0.25) is 4.79 Å². The molecule has 1 aliphatic rings. The highest BCUT2D eigenvalue weighted by Gasteiger charge is 2.30. The Labute approximate surface area is 164 Å². The fourth-order valence-corrected chi connectivity index (χ4v) is 3.90. The zero-order valence-electron chi connectivity index (χ0n) is 15.3. The first-order valence-electron chi connectivity index (χ1n) is 8.98. The summed E-state index contributed by atoms with van der Waals surface area (Å²) in [5.41, 5.74) is 9.74. The van der Waals surface area contributed by atoms with E-state index >= 15 is 0 Å². The third kappa shape index (κ3) is 3.55. The van der Waals surface area contributed by atoms with E-state index in [-0.39, 0.29) is 11.4 Å². The van der Waals surface area contributed by atoms with E-state index in [2.05, 4.69) is 15.1 Å². The van der Waals surface area contributed by atoms with E-state index in [1.807, 2.05) is 37.4 Å². The largest absolute Gasteiger partial charge is 0.369 e. The van der Waals surface area contributed by atoms with Crippen LogP contribution in [0.2, 0.25) is 0 Å². The number of carbonyl (C=O) groups excluding carboxylic acids is 1. The number of hydrogen-bond acceptors (Lipinski definition) is 6. The van der Waals surface area contributed by atoms with Gasteiger partial charge in [0, 0.05) is 18.5 Å². The number of primary amides is 1. The van der Waals surface area contributed by atoms with Gasteiger partial charge in [0.15, 0.2) is 5.69 Å². The van der Waals surface area contributed by atoms with Crippen molar-refractivity contribution >= 4 is 33.2 Å². The Kier molecular flexibility index (Phi) is 4.72. The number of benzene rings is 2. The minimum atomic E-state index is -2.44. The molecule has 4 rings (SSSR count). The van der Waals surface area contributed by atoms with Crippen molar-refractivity contribution in [3.8, 4) is 11.1 Å². The van der Waals surface area contributed by atoms with Crippen LogP contribution in [0, 0.1) is 0 Å². The zero-order chi connectivity index (χ0) is 19.8. The number of rotatable bonds is 6. The third-order valence-electron chi connectivity index (χ3n) is 5.01. The summed E-state index contributed by atoms with van der Waals surface area (Å²) in [7, 11) is -0.491. The molecule has 2 N–H and O–H groups in total. The van der Waals surface area contributed by atoms with Crippen molar-refractivity contribution in [1.29, 1.82) is 0 Å². The summed E-state index contributed by atoms with van der Waals surface area (Å²) in [5.74, 6) is -0.556. The molecule has 0 atom stereocenters. The van der Waals surface area contributed by atoms with E-state index in [9.17, 15) is 13.2 Å². The highest BCUT2D eigenvalue weighted by Crippen LogP contribution is 2.36. The Morgan fingerprint density at radius 3 is 2.39 bits per heavy atom. The molecule has 144 valence electrons. The van der Waals surface area contributed by atoms with Crippen LogP contribution in [0.15, 0.2) is 42.5 Å². The molecule has 1 fully saturated rings. The lowest BCUT2D eigenvalue weighted by atomic mass is 10.0. The number of nitrogens with zero attached hydrogens (tertiary/aromatic N) is 3. The van der Waals surface area contributed by atoms with Crippen LogP contribution in [0.5, 0.6) is 0 Å². The van der Waals surface area contributed by atoms with E-state index in [1.54, 1.807) is 12.1 Å². The fraction of sp³-hybridized carbons (Fsp3) is 0.250. The van der Waals surface area contributed by atoms with Crippen LogP contribution in [-0.4, -0.2) is 37.6 Å². The van der Waals surface area contributed by atoms with Crippen molar-refractivity contribution in [3.05, 3.63) is 53.7 Å². The van der Waals surface area contributed by atoms with E-state index < -0.39 is 16.6 Å². The van der Waals surface area contributed by atoms with Crippen LogP contribution in [-0.2, 0) is 16.5 Å². The van der Waals surface area contributed by atoms with Crippen LogP contribution >= 0.6 is 0 Å². The third-order valence-corrected chi connectivity index (χ3v) is 5.64. The molecule has 8 heteroatoms. The van der Waals surface area contributed by atoms with Crippen molar-refractivity contribution in [1.82, 2.24) is 10.2 Å². The number of carbonyl (C=O) groups is 1. The first-order valence-corrected chi connectivity index (χ1v) is 10.3. The van der Waals surface area contributed by atoms with Crippen LogP contribution in [0.1, 0.15) is 28.9 Å². The number of thiol groups is 1. The van der Waals surface area contributed by atoms with Gasteiger partial charge < -0.3 is 10.6 Å². The molecule has 3 aromatic rings. The molecule has 0 radical (unpaired) electrons. The Hall–Kier alpha value is -3.00. The van der Waals surface area contributed by atoms with Crippen molar-refractivity contribution in [2.45, 2.75) is 24.6 Å². The minimum absolute atomic E-state index is 0.0333. The highest BCUT2D eigenvalue weighted by atomic mass is 32.2. The summed E-state index contributed by atoms with van der Waals surface area (Å²) in [6.07, 6.45) is 2.16. The maximum atomic E-state index is 11.9. The van der Waals surface area contributed by atoms with E-state index in [4.69, 9.17) is 5.73 Å². The Morgan fingerprint density at radius 1 is 1.11 bits per heavy atom. The number of nitrogens with two attached hydrogens (primary N) is 1. The molecule has 0 bridgehead atoms. The first kappa shape index (κ1) is 18.4. The summed E-state index contributed by atoms with van der Waals surface area (Å²) in [6.45, 7) is 0. The number of fused-ring (bicyclic) bond motifs is 1. The SMILES string of the molecule is CN(c1c(C(N)=O)nnc2cc(-c3ccc(C[SH](=O)=O)cc3)ccc12)C1CC1. The molecule has 1 aliphatic carbocycles. The van der Waals surface area contributed by atoms with Gasteiger partial charge >= 0.3 is 0 Å². The standard InChI is InChI=1S/C20H20N4O3S/c1-24(15-7-8-15)19-16-9-6-14(10-17(16)22-23-18(19)20(21)25)13-4-2-12(3-5-13)11-28(26)27/h2-6,9-10,15,28H,7-8,11H2,1H3,(H2,21,25). The molecule has 0 unspecified atom stereocenters. The molecular weight excluding hydrogens is 376 g/mol. The molecule has 0 saturated heterocycles. The summed E-state index contributed by atoms with van der Waals surface area (Å²) < 4.78 is 21.7. The molecule has 1 saturated carbocycles. The average molecular weight is 396 g/mol. The lowest BCUT2D eigenvalue weighted by Gasteiger charge is -2.22. The predicted molar refractivity (Wildman–Crippen MR) is 109 cm³/mol. The van der Waals surface area contributed by atoms with E-state index in [0.29, 0.717) is 11.6 Å². The molecule has 1 aromatic heterocycles. The fourth-order valence-electron chi connectivity index (χ4n) is 3.39. The summed E-state index contributed by atoms with van der Waals surface area (Å²) >= 11 is 0. The van der Waals surface area contributed by atoms with Gasteiger partial charge in [-0.25, -0.2) is 8.42 Å². The smallest absolute Gasteiger partial charge is 0.271 e. The summed E-state index contributed by atoms with van der Waals surface area (Å²) in [5, 5.41) is 9.13. The Balaban J connectivity index is 1.77. The maximum absolute atomic E-state index is 11.9. The second-order valence-electron chi connectivity index (χ2n) is 7.02. The van der Waals surface area contributed by atoms with Gasteiger partial charge in [-0.15, -0.1) is 10.2 Å². The van der Waals surface area contributed by atoms with Crippen LogP contribution in [0.4, 0.5) is 5.69 Å². The first-order chi connectivity index (χ1) is 13.4. The quantitative estimate of drug-likeness (QED) is 0.618. The molecule has 28 heavy (non-hydrogen) atoms. The molecule has 1 heterocycles. The molecule has 7 nitrogen and oxygen atoms in total. The molecule has 1 amide bonds. The Morgan fingerprint density at radius 2 is 1.79 bits per heavy atom. The van der Waals surface area contributed by atoms with E-state index in [1.165, 1.54) is 0 Å². The number of aromatic nitrogens is 2. The van der Waals surface area contributed by atoms with Gasteiger partial charge in [-0.1, -0.05) is 30.3 Å². The maximum Gasteiger partial charge on any atom is 0.271 e. The topological polar surface area (TPSA) is 106 Å². The van der Waals surface area contributed by atoms with Crippen LogP contribution in [0.3, 0.4) is 0 Å². The van der Waals surface area contributed by atoms with Gasteiger partial charge in [0.05, 0.1) is 17.0 Å². The number of hydrogen-bond donors (Lipinski definition) is 2. The second kappa shape index (κ2) is 7.20.